The highest BCUT2D eigenvalue weighted by molar-refractivity contribution is 6.26. The third-order valence-corrected chi connectivity index (χ3v) is 4.45. The summed E-state index contributed by atoms with van der Waals surface area (Å²) in [6, 6.07) is 13.8. The Morgan fingerprint density at radius 2 is 1.46 bits per heavy atom. The topological polar surface area (TPSA) is 76.2 Å². The maximum atomic E-state index is 13.0. The molecule has 24 heavy (non-hydrogen) atoms. The molecule has 0 spiro atoms. The van der Waals surface area contributed by atoms with Crippen LogP contribution in [0.2, 0.25) is 0 Å². The van der Waals surface area contributed by atoms with Gasteiger partial charge in [-0.25, -0.2) is 9.59 Å². The molecule has 5 heteroatoms. The summed E-state index contributed by atoms with van der Waals surface area (Å²) in [7, 11) is 0. The Morgan fingerprint density at radius 1 is 0.708 bits per heavy atom. The summed E-state index contributed by atoms with van der Waals surface area (Å²) < 4.78 is 4.80. The van der Waals surface area contributed by atoms with E-state index in [0.717, 1.165) is 0 Å². The van der Waals surface area contributed by atoms with Crippen molar-refractivity contribution < 1.29 is 14.3 Å². The number of ether oxygens (including phenoxy) is 1. The number of aromatic nitrogens is 1. The minimum absolute atomic E-state index is 0.130. The van der Waals surface area contributed by atoms with Gasteiger partial charge in [-0.3, -0.25) is 4.79 Å². The lowest BCUT2D eigenvalue weighted by Gasteiger charge is -2.17. The average Bonchev–Trinajstić information content (AvgIpc) is 2.59. The summed E-state index contributed by atoms with van der Waals surface area (Å²) in [5.74, 6) is -1.38. The minimum Gasteiger partial charge on any atom is -0.386 e. The number of nitrogens with one attached hydrogen (secondary N) is 1. The summed E-state index contributed by atoms with van der Waals surface area (Å²) in [5, 5.41) is 2.09. The van der Waals surface area contributed by atoms with Gasteiger partial charge < -0.3 is 9.72 Å². The molecule has 0 amide bonds. The van der Waals surface area contributed by atoms with E-state index < -0.39 is 11.9 Å². The molecule has 0 fully saturated rings. The number of fused-ring (bicyclic) bond motifs is 3. The highest BCUT2D eigenvalue weighted by Gasteiger charge is 2.28. The Labute approximate surface area is 134 Å². The van der Waals surface area contributed by atoms with Gasteiger partial charge in [0.1, 0.15) is 0 Å². The second-order valence-corrected chi connectivity index (χ2v) is 5.75. The summed E-state index contributed by atoms with van der Waals surface area (Å²) in [4.78, 5) is 40.3. The Balaban J connectivity index is 2.13. The fourth-order valence-corrected chi connectivity index (χ4v) is 3.42. The van der Waals surface area contributed by atoms with Gasteiger partial charge in [-0.2, -0.15) is 0 Å². The van der Waals surface area contributed by atoms with Crippen molar-refractivity contribution in [3.05, 3.63) is 69.9 Å². The first-order valence-electron chi connectivity index (χ1n) is 7.42. The number of cyclic esters (lactones) is 2. The van der Waals surface area contributed by atoms with Gasteiger partial charge in [0.2, 0.25) is 0 Å². The van der Waals surface area contributed by atoms with Gasteiger partial charge in [0.25, 0.3) is 0 Å². The van der Waals surface area contributed by atoms with Gasteiger partial charge in [-0.1, -0.05) is 24.3 Å². The van der Waals surface area contributed by atoms with Crippen molar-refractivity contribution in [2.24, 2.45) is 0 Å². The van der Waals surface area contributed by atoms with Gasteiger partial charge in [-0.15, -0.1) is 0 Å². The number of hydrogen-bond acceptors (Lipinski definition) is 4. The van der Waals surface area contributed by atoms with Crippen LogP contribution in [-0.4, -0.2) is 16.9 Å². The van der Waals surface area contributed by atoms with E-state index in [-0.39, 0.29) is 5.43 Å². The average molecular weight is 315 g/mol. The standard InChI is InChI=1S/C19H9NO4/c21-17-9-4-1-2-7-13(9)20-14-8-12-15-10(16(14)17)5-3-6-11(15)18(22)24-19(12)23/h1-8H,(H,20,21). The second kappa shape index (κ2) is 4.29. The molecular weight excluding hydrogens is 306 g/mol. The van der Waals surface area contributed by atoms with Gasteiger partial charge in [-0.05, 0) is 29.7 Å². The van der Waals surface area contributed by atoms with Crippen molar-refractivity contribution in [3.8, 4) is 0 Å². The predicted molar refractivity (Wildman–Crippen MR) is 89.3 cm³/mol. The van der Waals surface area contributed by atoms with Crippen LogP contribution in [-0.2, 0) is 4.74 Å². The van der Waals surface area contributed by atoms with Crippen molar-refractivity contribution in [2.75, 3.05) is 0 Å². The van der Waals surface area contributed by atoms with Crippen LogP contribution in [0.3, 0.4) is 0 Å². The zero-order valence-corrected chi connectivity index (χ0v) is 12.3. The third-order valence-electron chi connectivity index (χ3n) is 4.45. The van der Waals surface area contributed by atoms with Crippen LogP contribution in [0.5, 0.6) is 0 Å². The number of rotatable bonds is 0. The zero-order valence-electron chi connectivity index (χ0n) is 12.3. The quantitative estimate of drug-likeness (QED) is 0.234. The van der Waals surface area contributed by atoms with Crippen LogP contribution in [0.25, 0.3) is 32.6 Å². The molecule has 0 aliphatic carbocycles. The van der Waals surface area contributed by atoms with E-state index in [1.54, 1.807) is 36.4 Å². The molecule has 3 aromatic carbocycles. The first-order valence-corrected chi connectivity index (χ1v) is 7.42. The lowest BCUT2D eigenvalue weighted by Crippen LogP contribution is -2.20. The molecule has 1 aliphatic rings. The van der Waals surface area contributed by atoms with E-state index in [4.69, 9.17) is 4.74 Å². The first kappa shape index (κ1) is 13.0. The van der Waals surface area contributed by atoms with E-state index in [1.165, 1.54) is 0 Å². The highest BCUT2D eigenvalue weighted by Crippen LogP contribution is 2.33. The van der Waals surface area contributed by atoms with Gasteiger partial charge in [0.05, 0.1) is 22.0 Å². The predicted octanol–water partition coefficient (Wildman–Crippen LogP) is 3.15. The maximum Gasteiger partial charge on any atom is 0.346 e. The van der Waals surface area contributed by atoms with Crippen LogP contribution in [0.15, 0.2) is 53.3 Å². The van der Waals surface area contributed by atoms with Crippen molar-refractivity contribution >= 4 is 44.5 Å². The van der Waals surface area contributed by atoms with Crippen molar-refractivity contribution in [3.63, 3.8) is 0 Å². The molecule has 1 aromatic heterocycles. The summed E-state index contributed by atoms with van der Waals surface area (Å²) >= 11 is 0. The fraction of sp³-hybridized carbons (Fsp3) is 0. The Bertz CT molecular complexity index is 1280. The van der Waals surface area contributed by atoms with Gasteiger partial charge in [0.15, 0.2) is 5.43 Å². The summed E-state index contributed by atoms with van der Waals surface area (Å²) in [5.41, 5.74) is 1.70. The number of pyridine rings is 1. The van der Waals surface area contributed by atoms with Crippen LogP contribution >= 0.6 is 0 Å². The third kappa shape index (κ3) is 1.50. The monoisotopic (exact) mass is 315 g/mol. The molecule has 0 radical (unpaired) electrons. The normalized spacial score (nSPS) is 13.7. The molecule has 1 aliphatic heterocycles. The van der Waals surface area contributed by atoms with E-state index in [9.17, 15) is 14.4 Å². The van der Waals surface area contributed by atoms with Gasteiger partial charge in [0, 0.05) is 16.3 Å². The van der Waals surface area contributed by atoms with E-state index in [2.05, 4.69) is 4.98 Å². The van der Waals surface area contributed by atoms with E-state index in [0.29, 0.717) is 43.7 Å². The molecule has 0 unspecified atom stereocenters. The van der Waals surface area contributed by atoms with Crippen molar-refractivity contribution in [1.29, 1.82) is 0 Å². The summed E-state index contributed by atoms with van der Waals surface area (Å²) in [6.45, 7) is 0. The molecule has 114 valence electrons. The first-order chi connectivity index (χ1) is 11.6. The number of hydrogen-bond donors (Lipinski definition) is 1. The molecule has 5 rings (SSSR count). The van der Waals surface area contributed by atoms with E-state index in [1.807, 2.05) is 12.1 Å². The number of H-pyrrole nitrogens is 1. The van der Waals surface area contributed by atoms with E-state index >= 15 is 0 Å². The van der Waals surface area contributed by atoms with Crippen LogP contribution < -0.4 is 5.43 Å². The largest absolute Gasteiger partial charge is 0.386 e. The molecule has 5 nitrogen and oxygen atoms in total. The summed E-state index contributed by atoms with van der Waals surface area (Å²) in [6.07, 6.45) is 0. The maximum absolute atomic E-state index is 13.0. The Morgan fingerprint density at radius 3 is 2.33 bits per heavy atom. The van der Waals surface area contributed by atoms with Crippen LogP contribution in [0, 0.1) is 0 Å². The zero-order chi connectivity index (χ0) is 16.4. The van der Waals surface area contributed by atoms with Crippen molar-refractivity contribution in [2.45, 2.75) is 0 Å². The lowest BCUT2D eigenvalue weighted by molar-refractivity contribution is 0.0391. The molecule has 2 heterocycles. The van der Waals surface area contributed by atoms with Crippen LogP contribution in [0.1, 0.15) is 20.7 Å². The van der Waals surface area contributed by atoms with Crippen LogP contribution in [0.4, 0.5) is 0 Å². The van der Waals surface area contributed by atoms with Crippen molar-refractivity contribution in [1.82, 2.24) is 4.98 Å². The molecule has 4 aromatic rings. The number of carbonyl (C=O) groups excluding carboxylic acids is 2. The molecule has 0 atom stereocenters. The minimum atomic E-state index is -0.695. The lowest BCUT2D eigenvalue weighted by atomic mass is 9.93. The molecule has 0 saturated carbocycles. The molecule has 0 saturated heterocycles. The number of esters is 2. The molecular formula is C19H9NO4. The highest BCUT2D eigenvalue weighted by atomic mass is 16.6. The number of carbonyl (C=O) groups is 2. The number of aromatic amines is 1. The Kier molecular flexibility index (Phi) is 2.33. The molecule has 1 N–H and O–H groups in total. The van der Waals surface area contributed by atoms with Gasteiger partial charge >= 0.3 is 11.9 Å². The molecule has 0 bridgehead atoms. The number of para-hydroxylation sites is 1. The number of benzene rings is 3. The smallest absolute Gasteiger partial charge is 0.346 e. The fourth-order valence-electron chi connectivity index (χ4n) is 3.42. The SMILES string of the molecule is O=C1OC(=O)c2cc3[nH]c4ccccc4c(=O)c3c3cccc1c23. The second-order valence-electron chi connectivity index (χ2n) is 5.75. The Hall–Kier alpha value is -3.47.